The summed E-state index contributed by atoms with van der Waals surface area (Å²) >= 11 is 0. The number of para-hydroxylation sites is 1. The molecule has 0 atom stereocenters. The molecule has 1 aromatic heterocycles. The van der Waals surface area contributed by atoms with Crippen molar-refractivity contribution in [2.75, 3.05) is 5.73 Å². The van der Waals surface area contributed by atoms with Crippen molar-refractivity contribution >= 4 is 5.82 Å². The molecule has 2 aromatic rings. The Morgan fingerprint density at radius 1 is 1.06 bits per heavy atom. The first-order chi connectivity index (χ1) is 8.58. The van der Waals surface area contributed by atoms with Crippen molar-refractivity contribution in [3.8, 4) is 16.9 Å². The van der Waals surface area contributed by atoms with Crippen LogP contribution >= 0.6 is 0 Å². The van der Waals surface area contributed by atoms with Gasteiger partial charge in [-0.25, -0.2) is 4.98 Å². The van der Waals surface area contributed by atoms with Crippen LogP contribution in [-0.4, -0.2) is 11.1 Å². The fourth-order valence-electron chi connectivity index (χ4n) is 1.91. The van der Waals surface area contributed by atoms with E-state index in [1.807, 2.05) is 57.2 Å². The predicted octanol–water partition coefficient (Wildman–Crippen LogP) is 3.43. The van der Waals surface area contributed by atoms with Gasteiger partial charge in [-0.1, -0.05) is 18.2 Å². The van der Waals surface area contributed by atoms with Crippen molar-refractivity contribution in [2.24, 2.45) is 0 Å². The molecule has 2 rings (SSSR count). The first-order valence-electron chi connectivity index (χ1n) is 6.07. The standard InChI is InChI=1S/C15H18N2O/c1-10(2)18-14-7-5-4-6-13(14)12-8-9-15(16)17-11(12)3/h4-10H,1-3H3,(H2,16,17). The molecule has 2 N–H and O–H groups in total. The molecule has 3 heteroatoms. The van der Waals surface area contributed by atoms with Crippen molar-refractivity contribution in [3.63, 3.8) is 0 Å². The Labute approximate surface area is 108 Å². The molecule has 0 radical (unpaired) electrons. The van der Waals surface area contributed by atoms with E-state index in [2.05, 4.69) is 4.98 Å². The van der Waals surface area contributed by atoms with Crippen molar-refractivity contribution in [1.82, 2.24) is 4.98 Å². The smallest absolute Gasteiger partial charge is 0.127 e. The van der Waals surface area contributed by atoms with Gasteiger partial charge in [0, 0.05) is 16.8 Å². The van der Waals surface area contributed by atoms with Crippen LogP contribution < -0.4 is 10.5 Å². The highest BCUT2D eigenvalue weighted by atomic mass is 16.5. The minimum atomic E-state index is 0.146. The third kappa shape index (κ3) is 2.62. The molecule has 0 aliphatic heterocycles. The van der Waals surface area contributed by atoms with Crippen LogP contribution in [0, 0.1) is 6.92 Å². The summed E-state index contributed by atoms with van der Waals surface area (Å²) in [6.07, 6.45) is 0.146. The zero-order chi connectivity index (χ0) is 13.1. The van der Waals surface area contributed by atoms with E-state index in [1.54, 1.807) is 0 Å². The highest BCUT2D eigenvalue weighted by Crippen LogP contribution is 2.32. The highest BCUT2D eigenvalue weighted by Gasteiger charge is 2.10. The van der Waals surface area contributed by atoms with Crippen molar-refractivity contribution < 1.29 is 4.74 Å². The molecule has 0 aliphatic carbocycles. The third-order valence-corrected chi connectivity index (χ3v) is 2.65. The number of rotatable bonds is 3. The number of aromatic nitrogens is 1. The molecule has 18 heavy (non-hydrogen) atoms. The van der Waals surface area contributed by atoms with Crippen LogP contribution in [0.1, 0.15) is 19.5 Å². The second-order valence-electron chi connectivity index (χ2n) is 4.53. The summed E-state index contributed by atoms with van der Waals surface area (Å²) in [5.74, 6) is 1.42. The summed E-state index contributed by atoms with van der Waals surface area (Å²) in [6.45, 7) is 5.99. The molecule has 0 bridgehead atoms. The van der Waals surface area contributed by atoms with E-state index in [0.29, 0.717) is 5.82 Å². The normalized spacial score (nSPS) is 10.7. The average molecular weight is 242 g/mol. The van der Waals surface area contributed by atoms with Gasteiger partial charge < -0.3 is 10.5 Å². The number of aryl methyl sites for hydroxylation is 1. The Hall–Kier alpha value is -2.03. The van der Waals surface area contributed by atoms with Crippen molar-refractivity contribution in [3.05, 3.63) is 42.1 Å². The van der Waals surface area contributed by atoms with E-state index < -0.39 is 0 Å². The molecule has 1 heterocycles. The number of ether oxygens (including phenoxy) is 1. The minimum Gasteiger partial charge on any atom is -0.490 e. The Morgan fingerprint density at radius 2 is 1.78 bits per heavy atom. The zero-order valence-electron chi connectivity index (χ0n) is 11.0. The van der Waals surface area contributed by atoms with Crippen LogP contribution in [0.25, 0.3) is 11.1 Å². The molecule has 0 saturated heterocycles. The van der Waals surface area contributed by atoms with Gasteiger partial charge in [0.05, 0.1) is 6.10 Å². The van der Waals surface area contributed by atoms with E-state index in [0.717, 1.165) is 22.6 Å². The Bertz CT molecular complexity index is 550. The van der Waals surface area contributed by atoms with Crippen molar-refractivity contribution in [1.29, 1.82) is 0 Å². The summed E-state index contributed by atoms with van der Waals surface area (Å²) in [6, 6.07) is 11.8. The van der Waals surface area contributed by atoms with Gasteiger partial charge in [0.15, 0.2) is 0 Å². The molecule has 0 unspecified atom stereocenters. The second-order valence-corrected chi connectivity index (χ2v) is 4.53. The van der Waals surface area contributed by atoms with E-state index in [4.69, 9.17) is 10.5 Å². The van der Waals surface area contributed by atoms with Gasteiger partial charge in [-0.2, -0.15) is 0 Å². The molecule has 0 fully saturated rings. The predicted molar refractivity (Wildman–Crippen MR) is 74.6 cm³/mol. The molecular weight excluding hydrogens is 224 g/mol. The van der Waals surface area contributed by atoms with Gasteiger partial charge in [0.25, 0.3) is 0 Å². The third-order valence-electron chi connectivity index (χ3n) is 2.65. The number of anilines is 1. The first-order valence-corrected chi connectivity index (χ1v) is 6.07. The number of nitrogens with zero attached hydrogens (tertiary/aromatic N) is 1. The summed E-state index contributed by atoms with van der Waals surface area (Å²) in [7, 11) is 0. The van der Waals surface area contributed by atoms with Gasteiger partial charge in [-0.15, -0.1) is 0 Å². The zero-order valence-corrected chi connectivity index (χ0v) is 11.0. The Kier molecular flexibility index (Phi) is 3.51. The summed E-state index contributed by atoms with van der Waals surface area (Å²) in [5, 5.41) is 0. The van der Waals surface area contributed by atoms with E-state index >= 15 is 0 Å². The van der Waals surface area contributed by atoms with Crippen LogP contribution in [0.3, 0.4) is 0 Å². The number of hydrogen-bond donors (Lipinski definition) is 1. The average Bonchev–Trinajstić information content (AvgIpc) is 2.30. The minimum absolute atomic E-state index is 0.146. The molecular formula is C15H18N2O. The van der Waals surface area contributed by atoms with Crippen LogP contribution in [0.5, 0.6) is 5.75 Å². The molecule has 3 nitrogen and oxygen atoms in total. The summed E-state index contributed by atoms with van der Waals surface area (Å²) in [5.41, 5.74) is 8.70. The molecule has 0 spiro atoms. The lowest BCUT2D eigenvalue weighted by atomic mass is 10.0. The Balaban J connectivity index is 2.49. The fraction of sp³-hybridized carbons (Fsp3) is 0.267. The number of nitrogens with two attached hydrogens (primary N) is 1. The SMILES string of the molecule is Cc1nc(N)ccc1-c1ccccc1OC(C)C. The monoisotopic (exact) mass is 242 g/mol. The van der Waals surface area contributed by atoms with Crippen LogP contribution in [0.2, 0.25) is 0 Å². The summed E-state index contributed by atoms with van der Waals surface area (Å²) in [4.78, 5) is 4.29. The molecule has 94 valence electrons. The lowest BCUT2D eigenvalue weighted by Crippen LogP contribution is -2.06. The van der Waals surface area contributed by atoms with Crippen molar-refractivity contribution in [2.45, 2.75) is 26.9 Å². The van der Waals surface area contributed by atoms with Gasteiger partial charge in [-0.05, 0) is 39.0 Å². The van der Waals surface area contributed by atoms with Gasteiger partial charge in [-0.3, -0.25) is 0 Å². The number of hydrogen-bond acceptors (Lipinski definition) is 3. The van der Waals surface area contributed by atoms with Gasteiger partial charge in [0.1, 0.15) is 11.6 Å². The molecule has 0 amide bonds. The highest BCUT2D eigenvalue weighted by molar-refractivity contribution is 5.72. The largest absolute Gasteiger partial charge is 0.490 e. The molecule has 0 saturated carbocycles. The lowest BCUT2D eigenvalue weighted by Gasteiger charge is -2.15. The second kappa shape index (κ2) is 5.08. The maximum atomic E-state index is 5.83. The van der Waals surface area contributed by atoms with E-state index in [1.165, 1.54) is 0 Å². The van der Waals surface area contributed by atoms with Crippen LogP contribution in [-0.2, 0) is 0 Å². The van der Waals surface area contributed by atoms with E-state index in [-0.39, 0.29) is 6.10 Å². The topological polar surface area (TPSA) is 48.1 Å². The van der Waals surface area contributed by atoms with Crippen LogP contribution in [0.15, 0.2) is 36.4 Å². The number of pyridine rings is 1. The lowest BCUT2D eigenvalue weighted by molar-refractivity contribution is 0.243. The van der Waals surface area contributed by atoms with Gasteiger partial charge >= 0.3 is 0 Å². The number of nitrogen functional groups attached to an aromatic ring is 1. The molecule has 0 aliphatic rings. The number of benzene rings is 1. The summed E-state index contributed by atoms with van der Waals surface area (Å²) < 4.78 is 5.83. The maximum Gasteiger partial charge on any atom is 0.127 e. The van der Waals surface area contributed by atoms with Crippen LogP contribution in [0.4, 0.5) is 5.82 Å². The van der Waals surface area contributed by atoms with Gasteiger partial charge in [0.2, 0.25) is 0 Å². The first kappa shape index (κ1) is 12.4. The van der Waals surface area contributed by atoms with E-state index in [9.17, 15) is 0 Å². The fourth-order valence-corrected chi connectivity index (χ4v) is 1.91. The molecule has 1 aromatic carbocycles. The maximum absolute atomic E-state index is 5.83. The quantitative estimate of drug-likeness (QED) is 0.897. The Morgan fingerprint density at radius 3 is 2.44 bits per heavy atom.